The van der Waals surface area contributed by atoms with Crippen LogP contribution in [0.2, 0.25) is 5.02 Å². The van der Waals surface area contributed by atoms with Gasteiger partial charge in [0.1, 0.15) is 0 Å². The summed E-state index contributed by atoms with van der Waals surface area (Å²) < 4.78 is 1.60. The molecule has 1 amide bonds. The highest BCUT2D eigenvalue weighted by Gasteiger charge is 2.32. The molecule has 7 nitrogen and oxygen atoms in total. The van der Waals surface area contributed by atoms with Gasteiger partial charge in [-0.05, 0) is 31.5 Å². The van der Waals surface area contributed by atoms with Crippen LogP contribution in [0, 0.1) is 13.8 Å². The lowest BCUT2D eigenvalue weighted by atomic mass is 10.0. The van der Waals surface area contributed by atoms with Crippen LogP contribution in [0.1, 0.15) is 33.6 Å². The van der Waals surface area contributed by atoms with E-state index in [-0.39, 0.29) is 42.6 Å². The van der Waals surface area contributed by atoms with Crippen LogP contribution in [-0.4, -0.2) is 50.0 Å². The fraction of sp³-hybridized carbons (Fsp3) is 0.333. The largest absolute Gasteiger partial charge is 0.326 e. The number of nitrogens with zero attached hydrogens (tertiary/aromatic N) is 5. The van der Waals surface area contributed by atoms with E-state index in [4.69, 9.17) is 11.6 Å². The standard InChI is InChI=1S/C18H19ClN6O.2ClH/c1-11-9-12(2)25-18(21-11)22-16(23-25)17(26)24-8-7-20-10-15(24)13-5-3-4-6-14(13)19;;/h3-6,9,15,20H,7-8,10H2,1-2H3;2*1H. The van der Waals surface area contributed by atoms with Crippen molar-refractivity contribution in [3.63, 3.8) is 0 Å². The van der Waals surface area contributed by atoms with Crippen molar-refractivity contribution in [1.82, 2.24) is 29.8 Å². The van der Waals surface area contributed by atoms with E-state index in [1.54, 1.807) is 9.42 Å². The number of nitrogens with one attached hydrogen (secondary N) is 1. The number of hydrogen-bond acceptors (Lipinski definition) is 5. The van der Waals surface area contributed by atoms with Crippen molar-refractivity contribution in [2.45, 2.75) is 19.9 Å². The Morgan fingerprint density at radius 2 is 1.96 bits per heavy atom. The predicted molar refractivity (Wildman–Crippen MR) is 113 cm³/mol. The van der Waals surface area contributed by atoms with Crippen LogP contribution in [0.4, 0.5) is 0 Å². The van der Waals surface area contributed by atoms with E-state index < -0.39 is 0 Å². The zero-order valence-electron chi connectivity index (χ0n) is 15.4. The number of fused-ring (bicyclic) bond motifs is 1. The minimum absolute atomic E-state index is 0. The fourth-order valence-corrected chi connectivity index (χ4v) is 3.62. The third-order valence-corrected chi connectivity index (χ3v) is 4.92. The van der Waals surface area contributed by atoms with E-state index >= 15 is 0 Å². The zero-order chi connectivity index (χ0) is 18.3. The first-order chi connectivity index (χ1) is 12.5. The van der Waals surface area contributed by atoms with Gasteiger partial charge in [-0.1, -0.05) is 29.8 Å². The molecule has 0 spiro atoms. The predicted octanol–water partition coefficient (Wildman–Crippen LogP) is 3.02. The minimum Gasteiger partial charge on any atom is -0.326 e. The lowest BCUT2D eigenvalue weighted by Gasteiger charge is -2.36. The van der Waals surface area contributed by atoms with Crippen LogP contribution in [0.3, 0.4) is 0 Å². The monoisotopic (exact) mass is 442 g/mol. The summed E-state index contributed by atoms with van der Waals surface area (Å²) in [7, 11) is 0. The molecular weight excluding hydrogens is 423 g/mol. The molecule has 28 heavy (non-hydrogen) atoms. The summed E-state index contributed by atoms with van der Waals surface area (Å²) in [6.07, 6.45) is 0. The molecule has 1 fully saturated rings. The van der Waals surface area contributed by atoms with Crippen LogP contribution < -0.4 is 5.32 Å². The normalized spacial score (nSPS) is 16.4. The van der Waals surface area contributed by atoms with Gasteiger partial charge in [0.15, 0.2) is 0 Å². The van der Waals surface area contributed by atoms with Gasteiger partial charge < -0.3 is 10.2 Å². The fourth-order valence-electron chi connectivity index (χ4n) is 3.36. The molecule has 0 saturated carbocycles. The molecule has 4 rings (SSSR count). The molecule has 0 aliphatic carbocycles. The van der Waals surface area contributed by atoms with Gasteiger partial charge in [-0.25, -0.2) is 9.50 Å². The Hall–Kier alpha value is -1.93. The van der Waals surface area contributed by atoms with Gasteiger partial charge in [0.05, 0.1) is 6.04 Å². The summed E-state index contributed by atoms with van der Waals surface area (Å²) in [5, 5.41) is 8.35. The number of halogens is 3. The molecule has 1 aliphatic rings. The molecule has 1 atom stereocenters. The van der Waals surface area contributed by atoms with E-state index in [0.29, 0.717) is 23.9 Å². The number of aryl methyl sites for hydroxylation is 2. The maximum atomic E-state index is 13.1. The van der Waals surface area contributed by atoms with Gasteiger partial charge in [0, 0.05) is 36.0 Å². The quantitative estimate of drug-likeness (QED) is 0.659. The Balaban J connectivity index is 0.00000140. The Morgan fingerprint density at radius 3 is 2.71 bits per heavy atom. The zero-order valence-corrected chi connectivity index (χ0v) is 17.8. The second-order valence-corrected chi connectivity index (χ2v) is 6.83. The molecule has 1 aromatic carbocycles. The van der Waals surface area contributed by atoms with Crippen molar-refractivity contribution in [2.24, 2.45) is 0 Å². The van der Waals surface area contributed by atoms with Crippen molar-refractivity contribution in [1.29, 1.82) is 0 Å². The van der Waals surface area contributed by atoms with Gasteiger partial charge in [-0.2, -0.15) is 4.98 Å². The third kappa shape index (κ3) is 4.07. The highest BCUT2D eigenvalue weighted by atomic mass is 35.5. The number of amides is 1. The van der Waals surface area contributed by atoms with E-state index in [2.05, 4.69) is 20.4 Å². The lowest BCUT2D eigenvalue weighted by Crippen LogP contribution is -2.49. The van der Waals surface area contributed by atoms with Gasteiger partial charge >= 0.3 is 0 Å². The summed E-state index contributed by atoms with van der Waals surface area (Å²) in [6.45, 7) is 5.74. The SMILES string of the molecule is Cc1cc(C)n2nc(C(=O)N3CCNCC3c3ccccc3Cl)nc2n1.Cl.Cl. The first kappa shape index (κ1) is 22.4. The molecule has 10 heteroatoms. The molecule has 3 heterocycles. The molecule has 3 aromatic rings. The summed E-state index contributed by atoms with van der Waals surface area (Å²) >= 11 is 6.36. The van der Waals surface area contributed by atoms with Gasteiger partial charge in [-0.3, -0.25) is 4.79 Å². The van der Waals surface area contributed by atoms with Crippen LogP contribution in [-0.2, 0) is 0 Å². The molecule has 0 bridgehead atoms. The molecule has 1 N–H and O–H groups in total. The Bertz CT molecular complexity index is 993. The summed E-state index contributed by atoms with van der Waals surface area (Å²) in [6, 6.07) is 9.35. The number of benzene rings is 1. The van der Waals surface area contributed by atoms with Gasteiger partial charge in [0.25, 0.3) is 11.7 Å². The van der Waals surface area contributed by atoms with E-state index in [0.717, 1.165) is 23.5 Å². The van der Waals surface area contributed by atoms with Crippen molar-refractivity contribution in [3.05, 3.63) is 58.1 Å². The second kappa shape index (κ2) is 9.05. The van der Waals surface area contributed by atoms with Gasteiger partial charge in [0.2, 0.25) is 5.82 Å². The summed E-state index contributed by atoms with van der Waals surface area (Å²) in [5.41, 5.74) is 2.66. The molecule has 1 unspecified atom stereocenters. The Morgan fingerprint density at radius 1 is 1.21 bits per heavy atom. The van der Waals surface area contributed by atoms with E-state index in [9.17, 15) is 4.79 Å². The molecule has 1 aliphatic heterocycles. The molecule has 0 radical (unpaired) electrons. The van der Waals surface area contributed by atoms with Crippen molar-refractivity contribution in [3.8, 4) is 0 Å². The first-order valence-corrected chi connectivity index (χ1v) is 8.89. The maximum Gasteiger partial charge on any atom is 0.294 e. The topological polar surface area (TPSA) is 75.4 Å². The molecular formula is C18H21Cl3N6O. The van der Waals surface area contributed by atoms with E-state index in [1.807, 2.05) is 44.2 Å². The minimum atomic E-state index is -0.209. The van der Waals surface area contributed by atoms with Crippen LogP contribution >= 0.6 is 36.4 Å². The number of piperazine rings is 1. The number of rotatable bonds is 2. The highest BCUT2D eigenvalue weighted by Crippen LogP contribution is 2.29. The average Bonchev–Trinajstić information content (AvgIpc) is 3.06. The average molecular weight is 444 g/mol. The maximum absolute atomic E-state index is 13.1. The number of hydrogen-bond donors (Lipinski definition) is 1. The molecule has 150 valence electrons. The van der Waals surface area contributed by atoms with Crippen molar-refractivity contribution >= 4 is 48.1 Å². The van der Waals surface area contributed by atoms with Gasteiger partial charge in [-0.15, -0.1) is 29.9 Å². The second-order valence-electron chi connectivity index (χ2n) is 6.43. The highest BCUT2D eigenvalue weighted by molar-refractivity contribution is 6.31. The lowest BCUT2D eigenvalue weighted by molar-refractivity contribution is 0.0622. The number of carbonyl (C=O) groups excluding carboxylic acids is 1. The summed E-state index contributed by atoms with van der Waals surface area (Å²) in [4.78, 5) is 23.7. The number of aromatic nitrogens is 4. The third-order valence-electron chi connectivity index (χ3n) is 4.58. The summed E-state index contributed by atoms with van der Waals surface area (Å²) in [5.74, 6) is 0.388. The van der Waals surface area contributed by atoms with E-state index in [1.165, 1.54) is 0 Å². The smallest absolute Gasteiger partial charge is 0.294 e. The first-order valence-electron chi connectivity index (χ1n) is 8.52. The van der Waals surface area contributed by atoms with Crippen LogP contribution in [0.5, 0.6) is 0 Å². The van der Waals surface area contributed by atoms with Crippen molar-refractivity contribution in [2.75, 3.05) is 19.6 Å². The Kier molecular flexibility index (Phi) is 7.22. The Labute approximate surface area is 180 Å². The number of carbonyl (C=O) groups is 1. The molecule has 2 aromatic heterocycles. The molecule has 1 saturated heterocycles. The van der Waals surface area contributed by atoms with Crippen LogP contribution in [0.25, 0.3) is 5.78 Å². The van der Waals surface area contributed by atoms with Crippen LogP contribution in [0.15, 0.2) is 30.3 Å². The van der Waals surface area contributed by atoms with Crippen molar-refractivity contribution < 1.29 is 4.79 Å².